The van der Waals surface area contributed by atoms with Crippen molar-refractivity contribution in [1.29, 1.82) is 0 Å². The molecule has 90 valence electrons. The van der Waals surface area contributed by atoms with Crippen LogP contribution in [0.5, 0.6) is 5.88 Å². The zero-order valence-electron chi connectivity index (χ0n) is 9.92. The Labute approximate surface area is 99.6 Å². The molecule has 6 nitrogen and oxygen atoms in total. The van der Waals surface area contributed by atoms with Crippen molar-refractivity contribution in [3.8, 4) is 5.88 Å². The number of aryl methyl sites for hydroxylation is 1. The van der Waals surface area contributed by atoms with Crippen LogP contribution in [0.2, 0.25) is 0 Å². The van der Waals surface area contributed by atoms with Crippen molar-refractivity contribution in [2.75, 3.05) is 11.9 Å². The lowest BCUT2D eigenvalue weighted by atomic mass is 10.3. The Bertz CT molecular complexity index is 482. The molecule has 2 aromatic heterocycles. The second kappa shape index (κ2) is 5.29. The van der Waals surface area contributed by atoms with Crippen molar-refractivity contribution in [2.24, 2.45) is 7.05 Å². The highest BCUT2D eigenvalue weighted by atomic mass is 16.5. The predicted molar refractivity (Wildman–Crippen MR) is 63.7 cm³/mol. The van der Waals surface area contributed by atoms with Crippen molar-refractivity contribution in [2.45, 2.75) is 13.5 Å². The summed E-state index contributed by atoms with van der Waals surface area (Å²) in [4.78, 5) is 4.16. The van der Waals surface area contributed by atoms with Crippen LogP contribution in [0, 0.1) is 0 Å². The van der Waals surface area contributed by atoms with E-state index in [4.69, 9.17) is 4.74 Å². The Kier molecular flexibility index (Phi) is 3.54. The van der Waals surface area contributed by atoms with Crippen LogP contribution in [-0.2, 0) is 13.6 Å². The molecule has 0 fully saturated rings. The van der Waals surface area contributed by atoms with Crippen molar-refractivity contribution in [1.82, 2.24) is 20.0 Å². The van der Waals surface area contributed by atoms with Crippen LogP contribution < -0.4 is 10.1 Å². The lowest BCUT2D eigenvalue weighted by Gasteiger charge is -2.09. The van der Waals surface area contributed by atoms with Crippen molar-refractivity contribution in [3.05, 3.63) is 30.2 Å². The molecule has 17 heavy (non-hydrogen) atoms. The van der Waals surface area contributed by atoms with E-state index >= 15 is 0 Å². The summed E-state index contributed by atoms with van der Waals surface area (Å²) >= 11 is 0. The van der Waals surface area contributed by atoms with Crippen LogP contribution in [0.4, 0.5) is 5.69 Å². The van der Waals surface area contributed by atoms with E-state index in [9.17, 15) is 0 Å². The molecule has 0 unspecified atom stereocenters. The molecule has 0 radical (unpaired) electrons. The molecule has 0 aromatic carbocycles. The van der Waals surface area contributed by atoms with Crippen molar-refractivity contribution in [3.63, 3.8) is 0 Å². The van der Waals surface area contributed by atoms with Gasteiger partial charge in [-0.25, -0.2) is 4.98 Å². The Balaban J connectivity index is 2.03. The van der Waals surface area contributed by atoms with Gasteiger partial charge in [-0.1, -0.05) is 5.21 Å². The minimum absolute atomic E-state index is 0.594. The summed E-state index contributed by atoms with van der Waals surface area (Å²) in [6.45, 7) is 3.12. The van der Waals surface area contributed by atoms with Gasteiger partial charge < -0.3 is 10.1 Å². The maximum Gasteiger partial charge on any atom is 0.237 e. The summed E-state index contributed by atoms with van der Waals surface area (Å²) in [5, 5.41) is 11.1. The fourth-order valence-corrected chi connectivity index (χ4v) is 1.44. The molecule has 0 aliphatic heterocycles. The molecule has 0 aliphatic rings. The van der Waals surface area contributed by atoms with Gasteiger partial charge in [-0.05, 0) is 19.1 Å². The van der Waals surface area contributed by atoms with Gasteiger partial charge in [0.05, 0.1) is 18.8 Å². The molecule has 0 atom stereocenters. The molecule has 0 aliphatic carbocycles. The van der Waals surface area contributed by atoms with E-state index in [1.54, 1.807) is 10.9 Å². The number of anilines is 1. The predicted octanol–water partition coefficient (Wildman–Crippen LogP) is 1.22. The average molecular weight is 233 g/mol. The smallest absolute Gasteiger partial charge is 0.237 e. The van der Waals surface area contributed by atoms with Gasteiger partial charge in [-0.15, -0.1) is 5.10 Å². The molecule has 2 heterocycles. The van der Waals surface area contributed by atoms with E-state index in [0.29, 0.717) is 19.0 Å². The fraction of sp³-hybridized carbons (Fsp3) is 0.364. The van der Waals surface area contributed by atoms with Gasteiger partial charge in [-0.3, -0.25) is 4.68 Å². The monoisotopic (exact) mass is 233 g/mol. The largest absolute Gasteiger partial charge is 0.476 e. The maximum absolute atomic E-state index is 5.42. The summed E-state index contributed by atoms with van der Waals surface area (Å²) in [5.74, 6) is 0.610. The van der Waals surface area contributed by atoms with E-state index in [1.807, 2.05) is 32.3 Å². The molecule has 2 rings (SSSR count). The quantitative estimate of drug-likeness (QED) is 0.841. The van der Waals surface area contributed by atoms with E-state index in [0.717, 1.165) is 11.4 Å². The second-order valence-electron chi connectivity index (χ2n) is 3.53. The highest BCUT2D eigenvalue weighted by molar-refractivity contribution is 5.52. The third-order valence-electron chi connectivity index (χ3n) is 2.16. The van der Waals surface area contributed by atoms with Gasteiger partial charge >= 0.3 is 0 Å². The standard InChI is InChI=1S/C11H15N5O/c1-3-17-11-10(5-4-6-12-11)13-7-9-8-16(2)15-14-9/h4-6,8,13H,3,7H2,1-2H3. The fourth-order valence-electron chi connectivity index (χ4n) is 1.44. The minimum atomic E-state index is 0.594. The number of hydrogen-bond donors (Lipinski definition) is 1. The molecule has 0 saturated carbocycles. The van der Waals surface area contributed by atoms with E-state index in [-0.39, 0.29) is 0 Å². The summed E-state index contributed by atoms with van der Waals surface area (Å²) in [5.41, 5.74) is 1.74. The van der Waals surface area contributed by atoms with Crippen LogP contribution in [0.25, 0.3) is 0 Å². The Morgan fingerprint density at radius 3 is 3.06 bits per heavy atom. The highest BCUT2D eigenvalue weighted by Crippen LogP contribution is 2.20. The van der Waals surface area contributed by atoms with Gasteiger partial charge in [0.2, 0.25) is 5.88 Å². The first-order valence-electron chi connectivity index (χ1n) is 5.46. The molecule has 0 bridgehead atoms. The Morgan fingerprint density at radius 1 is 1.47 bits per heavy atom. The molecular weight excluding hydrogens is 218 g/mol. The maximum atomic E-state index is 5.42. The first kappa shape index (κ1) is 11.4. The molecular formula is C11H15N5O. The van der Waals surface area contributed by atoms with Crippen LogP contribution >= 0.6 is 0 Å². The molecule has 6 heteroatoms. The van der Waals surface area contributed by atoms with Crippen LogP contribution in [0.15, 0.2) is 24.5 Å². The van der Waals surface area contributed by atoms with Crippen molar-refractivity contribution < 1.29 is 4.74 Å². The first-order valence-corrected chi connectivity index (χ1v) is 5.46. The van der Waals surface area contributed by atoms with Gasteiger partial charge in [-0.2, -0.15) is 0 Å². The molecule has 1 N–H and O–H groups in total. The van der Waals surface area contributed by atoms with E-state index < -0.39 is 0 Å². The normalized spacial score (nSPS) is 10.2. The minimum Gasteiger partial charge on any atom is -0.476 e. The van der Waals surface area contributed by atoms with E-state index in [2.05, 4.69) is 20.6 Å². The third-order valence-corrected chi connectivity index (χ3v) is 2.16. The number of pyridine rings is 1. The lowest BCUT2D eigenvalue weighted by Crippen LogP contribution is -2.04. The van der Waals surface area contributed by atoms with E-state index in [1.165, 1.54) is 0 Å². The van der Waals surface area contributed by atoms with Gasteiger partial charge in [0, 0.05) is 19.4 Å². The summed E-state index contributed by atoms with van der Waals surface area (Å²) in [7, 11) is 1.84. The molecule has 0 spiro atoms. The van der Waals surface area contributed by atoms with Crippen LogP contribution in [0.3, 0.4) is 0 Å². The molecule has 0 saturated heterocycles. The summed E-state index contributed by atoms with van der Waals surface area (Å²) in [6, 6.07) is 3.79. The van der Waals surface area contributed by atoms with Crippen LogP contribution in [-0.4, -0.2) is 26.6 Å². The number of nitrogens with zero attached hydrogens (tertiary/aromatic N) is 4. The Morgan fingerprint density at radius 2 is 2.35 bits per heavy atom. The van der Waals surface area contributed by atoms with Crippen molar-refractivity contribution >= 4 is 5.69 Å². The SMILES string of the molecule is CCOc1ncccc1NCc1cn(C)nn1. The average Bonchev–Trinajstić information content (AvgIpc) is 2.74. The molecule has 2 aromatic rings. The van der Waals surface area contributed by atoms with Gasteiger partial charge in [0.1, 0.15) is 5.69 Å². The topological polar surface area (TPSA) is 64.9 Å². The third kappa shape index (κ3) is 2.93. The number of hydrogen-bond acceptors (Lipinski definition) is 5. The van der Waals surface area contributed by atoms with Gasteiger partial charge in [0.15, 0.2) is 0 Å². The highest BCUT2D eigenvalue weighted by Gasteiger charge is 2.04. The molecule has 0 amide bonds. The van der Waals surface area contributed by atoms with Crippen LogP contribution in [0.1, 0.15) is 12.6 Å². The second-order valence-corrected chi connectivity index (χ2v) is 3.53. The Hall–Kier alpha value is -2.11. The summed E-state index contributed by atoms with van der Waals surface area (Å²) in [6.07, 6.45) is 3.57. The summed E-state index contributed by atoms with van der Waals surface area (Å²) < 4.78 is 7.09. The van der Waals surface area contributed by atoms with Gasteiger partial charge in [0.25, 0.3) is 0 Å². The first-order chi connectivity index (χ1) is 8.29. The number of rotatable bonds is 5. The lowest BCUT2D eigenvalue weighted by molar-refractivity contribution is 0.328. The zero-order chi connectivity index (χ0) is 12.1. The number of ether oxygens (including phenoxy) is 1. The zero-order valence-corrected chi connectivity index (χ0v) is 9.92. The number of nitrogens with one attached hydrogen (secondary N) is 1. The number of aromatic nitrogens is 4.